The Balaban J connectivity index is 1.25. The number of benzene rings is 2. The van der Waals surface area contributed by atoms with Crippen molar-refractivity contribution in [1.29, 1.82) is 0 Å². The summed E-state index contributed by atoms with van der Waals surface area (Å²) in [7, 11) is 0. The average Bonchev–Trinajstić information content (AvgIpc) is 2.83. The van der Waals surface area contributed by atoms with Crippen molar-refractivity contribution < 1.29 is 9.59 Å². The third-order valence-electron chi connectivity index (χ3n) is 5.63. The lowest BCUT2D eigenvalue weighted by Crippen LogP contribution is -2.41. The lowest BCUT2D eigenvalue weighted by Gasteiger charge is -2.31. The molecule has 0 radical (unpaired) electrons. The van der Waals surface area contributed by atoms with Gasteiger partial charge in [0, 0.05) is 49.3 Å². The van der Waals surface area contributed by atoms with Crippen LogP contribution in [-0.4, -0.2) is 35.0 Å². The van der Waals surface area contributed by atoms with Crippen LogP contribution in [0.4, 0.5) is 22.1 Å². The molecular formula is C25H28N6O2. The van der Waals surface area contributed by atoms with Gasteiger partial charge in [-0.3, -0.25) is 4.79 Å². The van der Waals surface area contributed by atoms with Gasteiger partial charge >= 0.3 is 6.03 Å². The van der Waals surface area contributed by atoms with Crippen LogP contribution < -0.4 is 20.9 Å². The molecule has 0 atom stereocenters. The van der Waals surface area contributed by atoms with Crippen LogP contribution in [-0.2, 0) is 11.3 Å². The molecule has 3 amide bonds. The fraction of sp³-hybridized carbons (Fsp3) is 0.280. The van der Waals surface area contributed by atoms with Crippen molar-refractivity contribution in [3.8, 4) is 0 Å². The quantitative estimate of drug-likeness (QED) is 0.534. The number of piperidine rings is 1. The number of hydrogen-bond donors (Lipinski definition) is 3. The van der Waals surface area contributed by atoms with E-state index in [9.17, 15) is 9.59 Å². The van der Waals surface area contributed by atoms with Crippen molar-refractivity contribution in [1.82, 2.24) is 15.3 Å². The smallest absolute Gasteiger partial charge is 0.323 e. The van der Waals surface area contributed by atoms with Gasteiger partial charge in [-0.1, -0.05) is 24.3 Å². The van der Waals surface area contributed by atoms with Crippen LogP contribution in [0.15, 0.2) is 67.0 Å². The fourth-order valence-electron chi connectivity index (χ4n) is 3.91. The highest BCUT2D eigenvalue weighted by Gasteiger charge is 2.25. The minimum atomic E-state index is -0.309. The van der Waals surface area contributed by atoms with Gasteiger partial charge in [0.05, 0.1) is 0 Å². The minimum Gasteiger partial charge on any atom is -0.352 e. The van der Waals surface area contributed by atoms with E-state index in [2.05, 4.69) is 30.8 Å². The molecule has 8 heteroatoms. The van der Waals surface area contributed by atoms with E-state index in [4.69, 9.17) is 0 Å². The summed E-state index contributed by atoms with van der Waals surface area (Å²) < 4.78 is 0. The van der Waals surface area contributed by atoms with Gasteiger partial charge in [-0.2, -0.15) is 0 Å². The van der Waals surface area contributed by atoms with Crippen LogP contribution in [0, 0.1) is 12.8 Å². The molecule has 33 heavy (non-hydrogen) atoms. The predicted octanol–water partition coefficient (Wildman–Crippen LogP) is 3.96. The largest absolute Gasteiger partial charge is 0.352 e. The summed E-state index contributed by atoms with van der Waals surface area (Å²) in [6.45, 7) is 3.91. The van der Waals surface area contributed by atoms with Gasteiger partial charge in [-0.15, -0.1) is 0 Å². The van der Waals surface area contributed by atoms with Gasteiger partial charge in [0.1, 0.15) is 0 Å². The third kappa shape index (κ3) is 6.29. The van der Waals surface area contributed by atoms with Crippen molar-refractivity contribution in [3.05, 3.63) is 78.1 Å². The van der Waals surface area contributed by atoms with Crippen molar-refractivity contribution in [2.45, 2.75) is 26.3 Å². The minimum absolute atomic E-state index is 0.0219. The van der Waals surface area contributed by atoms with E-state index in [1.807, 2.05) is 55.5 Å². The number of aromatic nitrogens is 2. The number of carbonyl (C=O) groups is 2. The number of nitrogens with one attached hydrogen (secondary N) is 3. The summed E-state index contributed by atoms with van der Waals surface area (Å²) in [6, 6.07) is 16.6. The number of aryl methyl sites for hydroxylation is 1. The van der Waals surface area contributed by atoms with Gasteiger partial charge < -0.3 is 20.9 Å². The van der Waals surface area contributed by atoms with E-state index in [1.165, 1.54) is 0 Å². The molecule has 2 aromatic carbocycles. The SMILES string of the molecule is Cc1cccc(NC(=O)Nc2cccc(CNC(=O)C3CCN(c4ncccn4)CC3)c2)c1. The molecule has 2 heterocycles. The van der Waals surface area contributed by atoms with Crippen LogP contribution >= 0.6 is 0 Å². The topological polar surface area (TPSA) is 99.2 Å². The average molecular weight is 445 g/mol. The first-order chi connectivity index (χ1) is 16.1. The van der Waals surface area contributed by atoms with Crippen molar-refractivity contribution in [2.24, 2.45) is 5.92 Å². The van der Waals surface area contributed by atoms with Gasteiger partial charge in [-0.05, 0) is 61.2 Å². The highest BCUT2D eigenvalue weighted by Crippen LogP contribution is 2.21. The summed E-state index contributed by atoms with van der Waals surface area (Å²) in [5, 5.41) is 8.70. The molecule has 0 bridgehead atoms. The molecule has 1 fully saturated rings. The number of anilines is 3. The van der Waals surface area contributed by atoms with E-state index in [-0.39, 0.29) is 17.9 Å². The van der Waals surface area contributed by atoms with E-state index in [1.54, 1.807) is 18.5 Å². The van der Waals surface area contributed by atoms with Crippen molar-refractivity contribution in [2.75, 3.05) is 28.6 Å². The van der Waals surface area contributed by atoms with Gasteiger partial charge in [-0.25, -0.2) is 14.8 Å². The van der Waals surface area contributed by atoms with Crippen LogP contribution in [0.25, 0.3) is 0 Å². The molecule has 170 valence electrons. The Kier molecular flexibility index (Phi) is 7.14. The highest BCUT2D eigenvalue weighted by atomic mass is 16.2. The zero-order valence-electron chi connectivity index (χ0n) is 18.6. The molecule has 0 saturated carbocycles. The molecule has 3 N–H and O–H groups in total. The zero-order valence-corrected chi connectivity index (χ0v) is 18.6. The lowest BCUT2D eigenvalue weighted by atomic mass is 9.96. The summed E-state index contributed by atoms with van der Waals surface area (Å²) in [5.41, 5.74) is 3.40. The first-order valence-corrected chi connectivity index (χ1v) is 11.1. The Morgan fingerprint density at radius 3 is 2.30 bits per heavy atom. The molecule has 1 aromatic heterocycles. The zero-order chi connectivity index (χ0) is 23.0. The number of rotatable bonds is 6. The van der Waals surface area contributed by atoms with E-state index in [0.717, 1.165) is 42.7 Å². The first kappa shape index (κ1) is 22.3. The van der Waals surface area contributed by atoms with Crippen LogP contribution in [0.5, 0.6) is 0 Å². The molecule has 1 aliphatic rings. The van der Waals surface area contributed by atoms with E-state index >= 15 is 0 Å². The molecular weight excluding hydrogens is 416 g/mol. The molecule has 1 aliphatic heterocycles. The molecule has 0 spiro atoms. The van der Waals surface area contributed by atoms with Gasteiger partial charge in [0.15, 0.2) is 0 Å². The monoisotopic (exact) mass is 444 g/mol. The molecule has 0 aliphatic carbocycles. The summed E-state index contributed by atoms with van der Waals surface area (Å²) >= 11 is 0. The molecule has 1 saturated heterocycles. The van der Waals surface area contributed by atoms with Crippen LogP contribution in [0.3, 0.4) is 0 Å². The standard InChI is InChI=1S/C25H28N6O2/c1-18-5-2-7-21(15-18)29-25(33)30-22-8-3-6-19(16-22)17-28-23(32)20-9-13-31(14-10-20)24-26-11-4-12-27-24/h2-8,11-12,15-16,20H,9-10,13-14,17H2,1H3,(H,28,32)(H2,29,30,33). The van der Waals surface area contributed by atoms with E-state index < -0.39 is 0 Å². The van der Waals surface area contributed by atoms with Crippen molar-refractivity contribution in [3.63, 3.8) is 0 Å². The Hall–Kier alpha value is -3.94. The Morgan fingerprint density at radius 2 is 1.61 bits per heavy atom. The maximum Gasteiger partial charge on any atom is 0.323 e. The Labute approximate surface area is 193 Å². The second kappa shape index (κ2) is 10.6. The molecule has 4 rings (SSSR count). The highest BCUT2D eigenvalue weighted by molar-refractivity contribution is 5.99. The molecule has 3 aromatic rings. The normalized spacial score (nSPS) is 13.9. The van der Waals surface area contributed by atoms with Crippen LogP contribution in [0.1, 0.15) is 24.0 Å². The second-order valence-corrected chi connectivity index (χ2v) is 8.18. The van der Waals surface area contributed by atoms with Crippen LogP contribution in [0.2, 0.25) is 0 Å². The molecule has 8 nitrogen and oxygen atoms in total. The number of nitrogens with zero attached hydrogens (tertiary/aromatic N) is 3. The third-order valence-corrected chi connectivity index (χ3v) is 5.63. The van der Waals surface area contributed by atoms with Crippen molar-refractivity contribution >= 4 is 29.3 Å². The lowest BCUT2D eigenvalue weighted by molar-refractivity contribution is -0.125. The predicted molar refractivity (Wildman–Crippen MR) is 129 cm³/mol. The van der Waals surface area contributed by atoms with Gasteiger partial charge in [0.2, 0.25) is 11.9 Å². The number of amides is 3. The summed E-state index contributed by atoms with van der Waals surface area (Å²) in [4.78, 5) is 35.6. The maximum absolute atomic E-state index is 12.7. The molecule has 0 unspecified atom stereocenters. The first-order valence-electron chi connectivity index (χ1n) is 11.1. The fourth-order valence-corrected chi connectivity index (χ4v) is 3.91. The Morgan fingerprint density at radius 1 is 0.939 bits per heavy atom. The van der Waals surface area contributed by atoms with Gasteiger partial charge in [0.25, 0.3) is 0 Å². The number of urea groups is 1. The van der Waals surface area contributed by atoms with E-state index in [0.29, 0.717) is 18.2 Å². The summed E-state index contributed by atoms with van der Waals surface area (Å²) in [6.07, 6.45) is 5.00. The maximum atomic E-state index is 12.7. The second-order valence-electron chi connectivity index (χ2n) is 8.18. The number of hydrogen-bond acceptors (Lipinski definition) is 5. The Bertz CT molecular complexity index is 1100. The summed E-state index contributed by atoms with van der Waals surface area (Å²) in [5.74, 6) is 0.748. The number of carbonyl (C=O) groups excluding carboxylic acids is 2.